The number of carbonyl (C=O) groups excluding carboxylic acids is 2. The third-order valence-electron chi connectivity index (χ3n) is 3.67. The van der Waals surface area contributed by atoms with E-state index in [4.69, 9.17) is 39.5 Å². The molecule has 1 aromatic rings. The number of morpholine rings is 1. The molecular formula is C15H14Cl3N3O3S. The summed E-state index contributed by atoms with van der Waals surface area (Å²) in [5.74, 6) is -0.647. The molecule has 10 heteroatoms. The maximum absolute atomic E-state index is 12.2. The van der Waals surface area contributed by atoms with E-state index >= 15 is 0 Å². The van der Waals surface area contributed by atoms with E-state index in [0.29, 0.717) is 42.2 Å². The highest BCUT2D eigenvalue weighted by Crippen LogP contribution is 2.33. The van der Waals surface area contributed by atoms with E-state index in [2.05, 4.69) is 10.3 Å². The Hall–Kier alpha value is -0.990. The van der Waals surface area contributed by atoms with Gasteiger partial charge in [-0.05, 0) is 12.1 Å². The van der Waals surface area contributed by atoms with Crippen LogP contribution in [0.3, 0.4) is 0 Å². The second kappa shape index (κ2) is 8.14. The summed E-state index contributed by atoms with van der Waals surface area (Å²) in [7, 11) is 0. The molecule has 2 aliphatic rings. The number of benzene rings is 1. The van der Waals surface area contributed by atoms with E-state index in [9.17, 15) is 9.59 Å². The van der Waals surface area contributed by atoms with E-state index in [-0.39, 0.29) is 28.3 Å². The monoisotopic (exact) mass is 421 g/mol. The molecule has 0 unspecified atom stereocenters. The van der Waals surface area contributed by atoms with Crippen LogP contribution in [0.4, 0.5) is 5.69 Å². The molecule has 1 fully saturated rings. The Morgan fingerprint density at radius 1 is 1.24 bits per heavy atom. The fraction of sp³-hybridized carbons (Fsp3) is 0.400. The van der Waals surface area contributed by atoms with Gasteiger partial charge in [-0.1, -0.05) is 46.6 Å². The zero-order valence-electron chi connectivity index (χ0n) is 12.9. The molecule has 0 saturated carbocycles. The molecule has 0 aromatic heterocycles. The lowest BCUT2D eigenvalue weighted by Gasteiger charge is -2.27. The lowest BCUT2D eigenvalue weighted by molar-refractivity contribution is -0.121. The van der Waals surface area contributed by atoms with Gasteiger partial charge in [0.1, 0.15) is 5.25 Å². The van der Waals surface area contributed by atoms with Crippen LogP contribution in [0.25, 0.3) is 0 Å². The highest BCUT2D eigenvalue weighted by Gasteiger charge is 2.33. The largest absolute Gasteiger partial charge is 0.378 e. The van der Waals surface area contributed by atoms with Gasteiger partial charge in [0.2, 0.25) is 5.91 Å². The third kappa shape index (κ3) is 4.60. The van der Waals surface area contributed by atoms with Gasteiger partial charge in [0.25, 0.3) is 5.91 Å². The summed E-state index contributed by atoms with van der Waals surface area (Å²) in [5, 5.41) is 3.63. The first-order chi connectivity index (χ1) is 11.9. The zero-order chi connectivity index (χ0) is 18.0. The molecule has 1 N–H and O–H groups in total. The summed E-state index contributed by atoms with van der Waals surface area (Å²) in [5.41, 5.74) is 0.353. The van der Waals surface area contributed by atoms with Crippen molar-refractivity contribution in [3.8, 4) is 0 Å². The molecule has 3 rings (SSSR count). The molecule has 0 bridgehead atoms. The molecule has 0 radical (unpaired) electrons. The van der Waals surface area contributed by atoms with Crippen molar-refractivity contribution in [2.45, 2.75) is 11.7 Å². The second-order valence-electron chi connectivity index (χ2n) is 5.44. The van der Waals surface area contributed by atoms with Gasteiger partial charge < -0.3 is 15.0 Å². The predicted octanol–water partition coefficient (Wildman–Crippen LogP) is 3.31. The number of hydrogen-bond donors (Lipinski definition) is 1. The summed E-state index contributed by atoms with van der Waals surface area (Å²) in [6.45, 7) is 2.59. The Balaban J connectivity index is 1.59. The molecule has 1 saturated heterocycles. The standard InChI is InChI=1S/C15H14Cl3N3O3S/c16-8-5-10(18)11(6-9(8)17)19-13(22)7-12-14(23)20-15(25-12)21-1-3-24-4-2-21/h5-6,12H,1-4,7H2,(H,19,22)/t12-/m1/s1. The van der Waals surface area contributed by atoms with Crippen molar-refractivity contribution in [1.29, 1.82) is 0 Å². The normalized spacial score (nSPS) is 20.6. The zero-order valence-corrected chi connectivity index (χ0v) is 16.0. The van der Waals surface area contributed by atoms with Gasteiger partial charge in [-0.25, -0.2) is 0 Å². The second-order valence-corrected chi connectivity index (χ2v) is 7.83. The van der Waals surface area contributed by atoms with E-state index < -0.39 is 5.25 Å². The van der Waals surface area contributed by atoms with Crippen molar-refractivity contribution in [1.82, 2.24) is 4.90 Å². The number of aliphatic imine (C=N–C) groups is 1. The first kappa shape index (κ1) is 18.8. The molecule has 6 nitrogen and oxygen atoms in total. The molecule has 2 amide bonds. The number of halogens is 3. The van der Waals surface area contributed by atoms with Crippen molar-refractivity contribution in [2.24, 2.45) is 4.99 Å². The van der Waals surface area contributed by atoms with Crippen molar-refractivity contribution >= 4 is 69.2 Å². The third-order valence-corrected chi connectivity index (χ3v) is 5.91. The van der Waals surface area contributed by atoms with Crippen molar-refractivity contribution in [3.63, 3.8) is 0 Å². The average molecular weight is 423 g/mol. The van der Waals surface area contributed by atoms with Crippen LogP contribution >= 0.6 is 46.6 Å². The Kier molecular flexibility index (Phi) is 6.12. The Morgan fingerprint density at radius 2 is 1.92 bits per heavy atom. The first-order valence-electron chi connectivity index (χ1n) is 7.50. The lowest BCUT2D eigenvalue weighted by atomic mass is 10.2. The number of amidine groups is 1. The van der Waals surface area contributed by atoms with Gasteiger partial charge in [0.15, 0.2) is 5.17 Å². The lowest BCUT2D eigenvalue weighted by Crippen LogP contribution is -2.39. The van der Waals surface area contributed by atoms with Gasteiger partial charge in [-0.15, -0.1) is 0 Å². The molecule has 0 aliphatic carbocycles. The molecule has 1 aromatic carbocycles. The smallest absolute Gasteiger partial charge is 0.262 e. The summed E-state index contributed by atoms with van der Waals surface area (Å²) < 4.78 is 5.29. The number of thioether (sulfide) groups is 1. The Morgan fingerprint density at radius 3 is 2.64 bits per heavy atom. The summed E-state index contributed by atoms with van der Waals surface area (Å²) in [4.78, 5) is 30.4. The number of anilines is 1. The van der Waals surface area contributed by atoms with Crippen LogP contribution in [-0.2, 0) is 14.3 Å². The van der Waals surface area contributed by atoms with E-state index in [0.717, 1.165) is 0 Å². The van der Waals surface area contributed by atoms with E-state index in [1.165, 1.54) is 23.9 Å². The molecular weight excluding hydrogens is 409 g/mol. The minimum Gasteiger partial charge on any atom is -0.378 e. The predicted molar refractivity (Wildman–Crippen MR) is 101 cm³/mol. The maximum atomic E-state index is 12.2. The number of nitrogens with one attached hydrogen (secondary N) is 1. The number of nitrogens with zero attached hydrogens (tertiary/aromatic N) is 2. The highest BCUT2D eigenvalue weighted by molar-refractivity contribution is 8.15. The highest BCUT2D eigenvalue weighted by atomic mass is 35.5. The fourth-order valence-corrected chi connectivity index (χ4v) is 4.10. The number of ether oxygens (including phenoxy) is 1. The van der Waals surface area contributed by atoms with Gasteiger partial charge in [0.05, 0.1) is 34.0 Å². The van der Waals surface area contributed by atoms with Crippen LogP contribution in [0, 0.1) is 0 Å². The number of carbonyl (C=O) groups is 2. The number of amides is 2. The van der Waals surface area contributed by atoms with Crippen LogP contribution in [0.2, 0.25) is 15.1 Å². The van der Waals surface area contributed by atoms with Crippen LogP contribution < -0.4 is 5.32 Å². The first-order valence-corrected chi connectivity index (χ1v) is 9.51. The van der Waals surface area contributed by atoms with Crippen molar-refractivity contribution < 1.29 is 14.3 Å². The topological polar surface area (TPSA) is 71.0 Å². The van der Waals surface area contributed by atoms with Gasteiger partial charge >= 0.3 is 0 Å². The summed E-state index contributed by atoms with van der Waals surface area (Å²) in [6.07, 6.45) is -0.00257. The minimum atomic E-state index is -0.542. The quantitative estimate of drug-likeness (QED) is 0.757. The van der Waals surface area contributed by atoms with E-state index in [1.807, 2.05) is 4.90 Å². The minimum absolute atomic E-state index is 0.00257. The molecule has 25 heavy (non-hydrogen) atoms. The van der Waals surface area contributed by atoms with Crippen LogP contribution in [0.1, 0.15) is 6.42 Å². The summed E-state index contributed by atoms with van der Waals surface area (Å²) >= 11 is 19.1. The van der Waals surface area contributed by atoms with Crippen LogP contribution in [-0.4, -0.2) is 53.4 Å². The molecule has 1 atom stereocenters. The molecule has 134 valence electrons. The Labute approximate surface area is 163 Å². The molecule has 2 aliphatic heterocycles. The van der Waals surface area contributed by atoms with Gasteiger partial charge in [-0.2, -0.15) is 4.99 Å². The van der Waals surface area contributed by atoms with Crippen LogP contribution in [0.5, 0.6) is 0 Å². The van der Waals surface area contributed by atoms with E-state index in [1.54, 1.807) is 0 Å². The van der Waals surface area contributed by atoms with Gasteiger partial charge in [0, 0.05) is 19.5 Å². The molecule has 0 spiro atoms. The van der Waals surface area contributed by atoms with Crippen LogP contribution in [0.15, 0.2) is 17.1 Å². The Bertz CT molecular complexity index is 738. The van der Waals surface area contributed by atoms with Crippen molar-refractivity contribution in [2.75, 3.05) is 31.6 Å². The average Bonchev–Trinajstić information content (AvgIpc) is 2.94. The maximum Gasteiger partial charge on any atom is 0.262 e. The SMILES string of the molecule is O=C(C[C@H]1SC(N2CCOCC2)=NC1=O)Nc1cc(Cl)c(Cl)cc1Cl. The van der Waals surface area contributed by atoms with Gasteiger partial charge in [-0.3, -0.25) is 9.59 Å². The molecule has 2 heterocycles. The fourth-order valence-electron chi connectivity index (χ4n) is 2.39. The van der Waals surface area contributed by atoms with Crippen molar-refractivity contribution in [3.05, 3.63) is 27.2 Å². The summed E-state index contributed by atoms with van der Waals surface area (Å²) in [6, 6.07) is 2.93. The number of hydrogen-bond acceptors (Lipinski definition) is 5. The number of rotatable bonds is 3.